The van der Waals surface area contributed by atoms with E-state index in [4.69, 9.17) is 20.9 Å². The van der Waals surface area contributed by atoms with Crippen LogP contribution in [0.5, 0.6) is 5.75 Å². The number of anilines is 1. The average molecular weight is 370 g/mol. The number of nitrogens with two attached hydrogens (primary N) is 2. The average Bonchev–Trinajstić information content (AvgIpc) is 3.08. The van der Waals surface area contributed by atoms with Gasteiger partial charge < -0.3 is 25.5 Å². The van der Waals surface area contributed by atoms with Crippen LogP contribution in [0.4, 0.5) is 5.82 Å². The number of primary amides is 1. The van der Waals surface area contributed by atoms with Crippen LogP contribution in [0.25, 0.3) is 11.2 Å². The molecular formula is C17H18N6O4. The van der Waals surface area contributed by atoms with E-state index in [2.05, 4.69) is 15.0 Å². The Hall–Kier alpha value is -3.69. The summed E-state index contributed by atoms with van der Waals surface area (Å²) < 4.78 is 12.3. The fraction of sp³-hybridized carbons (Fsp3) is 0.235. The summed E-state index contributed by atoms with van der Waals surface area (Å²) in [7, 11) is 0. The number of nitrogen functional groups attached to an aromatic ring is 1. The van der Waals surface area contributed by atoms with E-state index in [-0.39, 0.29) is 24.5 Å². The number of fused-ring (bicyclic) bond motifs is 1. The molecule has 27 heavy (non-hydrogen) atoms. The van der Waals surface area contributed by atoms with E-state index in [0.717, 1.165) is 0 Å². The lowest BCUT2D eigenvalue weighted by Crippen LogP contribution is -2.21. The van der Waals surface area contributed by atoms with Gasteiger partial charge in [0, 0.05) is 6.54 Å². The number of rotatable bonds is 8. The van der Waals surface area contributed by atoms with Crippen LogP contribution < -0.4 is 16.2 Å². The number of amides is 1. The Kier molecular flexibility index (Phi) is 5.45. The smallest absolute Gasteiger partial charge is 0.341 e. The van der Waals surface area contributed by atoms with Gasteiger partial charge in [-0.3, -0.25) is 4.79 Å². The number of carbonyl (C=O) groups excluding carboxylic acids is 2. The lowest BCUT2D eigenvalue weighted by molar-refractivity contribution is -0.119. The zero-order valence-corrected chi connectivity index (χ0v) is 14.4. The molecule has 0 atom stereocenters. The molecule has 2 heterocycles. The number of esters is 1. The third-order valence-electron chi connectivity index (χ3n) is 3.68. The molecule has 0 radical (unpaired) electrons. The molecule has 0 spiro atoms. The first-order valence-electron chi connectivity index (χ1n) is 8.15. The number of imidazole rings is 1. The van der Waals surface area contributed by atoms with Gasteiger partial charge in [0.2, 0.25) is 0 Å². The molecule has 4 N–H and O–H groups in total. The zero-order valence-electron chi connectivity index (χ0n) is 14.4. The van der Waals surface area contributed by atoms with Crippen molar-refractivity contribution in [1.82, 2.24) is 19.5 Å². The predicted octanol–water partition coefficient (Wildman–Crippen LogP) is 0.520. The van der Waals surface area contributed by atoms with Crippen molar-refractivity contribution >= 4 is 28.9 Å². The highest BCUT2D eigenvalue weighted by molar-refractivity contribution is 5.92. The van der Waals surface area contributed by atoms with Crippen LogP contribution in [0.1, 0.15) is 16.8 Å². The second kappa shape index (κ2) is 8.13. The number of ether oxygens (including phenoxy) is 2. The summed E-state index contributed by atoms with van der Waals surface area (Å²) in [6.07, 6.45) is 3.54. The molecule has 140 valence electrons. The highest BCUT2D eigenvalue weighted by Gasteiger charge is 2.14. The number of aryl methyl sites for hydroxylation is 1. The summed E-state index contributed by atoms with van der Waals surface area (Å²) in [6, 6.07) is 6.49. The van der Waals surface area contributed by atoms with Crippen molar-refractivity contribution in [1.29, 1.82) is 0 Å². The monoisotopic (exact) mass is 370 g/mol. The third kappa shape index (κ3) is 4.29. The molecule has 10 nitrogen and oxygen atoms in total. The van der Waals surface area contributed by atoms with E-state index in [1.165, 1.54) is 6.33 Å². The molecule has 0 saturated carbocycles. The normalized spacial score (nSPS) is 10.7. The lowest BCUT2D eigenvalue weighted by Gasteiger charge is -2.10. The van der Waals surface area contributed by atoms with Crippen LogP contribution in [0.2, 0.25) is 0 Å². The zero-order chi connectivity index (χ0) is 19.2. The Bertz CT molecular complexity index is 971. The lowest BCUT2D eigenvalue weighted by atomic mass is 10.2. The topological polar surface area (TPSA) is 148 Å². The Morgan fingerprint density at radius 2 is 1.96 bits per heavy atom. The van der Waals surface area contributed by atoms with Crippen LogP contribution >= 0.6 is 0 Å². The second-order valence-corrected chi connectivity index (χ2v) is 5.61. The van der Waals surface area contributed by atoms with Gasteiger partial charge in [0.15, 0.2) is 18.1 Å². The first-order chi connectivity index (χ1) is 13.1. The van der Waals surface area contributed by atoms with Gasteiger partial charge in [-0.2, -0.15) is 0 Å². The van der Waals surface area contributed by atoms with Gasteiger partial charge in [0.25, 0.3) is 5.91 Å². The molecule has 0 fully saturated rings. The van der Waals surface area contributed by atoms with E-state index in [1.54, 1.807) is 30.6 Å². The minimum atomic E-state index is -0.629. The van der Waals surface area contributed by atoms with Gasteiger partial charge in [-0.1, -0.05) is 12.1 Å². The summed E-state index contributed by atoms with van der Waals surface area (Å²) >= 11 is 0. The van der Waals surface area contributed by atoms with Crippen molar-refractivity contribution in [2.45, 2.75) is 13.0 Å². The van der Waals surface area contributed by atoms with Crippen molar-refractivity contribution < 1.29 is 19.1 Å². The van der Waals surface area contributed by atoms with E-state index < -0.39 is 11.9 Å². The van der Waals surface area contributed by atoms with Crippen LogP contribution in [0, 0.1) is 0 Å². The summed E-state index contributed by atoms with van der Waals surface area (Å²) in [4.78, 5) is 35.3. The van der Waals surface area contributed by atoms with Gasteiger partial charge in [-0.05, 0) is 18.6 Å². The molecule has 0 aliphatic rings. The quantitative estimate of drug-likeness (QED) is 0.430. The van der Waals surface area contributed by atoms with Crippen LogP contribution in [-0.2, 0) is 16.1 Å². The number of benzene rings is 1. The minimum absolute atomic E-state index is 0.184. The van der Waals surface area contributed by atoms with Crippen molar-refractivity contribution in [2.24, 2.45) is 5.73 Å². The Labute approximate surface area is 154 Å². The molecule has 3 rings (SSSR count). The van der Waals surface area contributed by atoms with Gasteiger partial charge in [-0.25, -0.2) is 19.7 Å². The molecule has 1 amide bonds. The first kappa shape index (κ1) is 18.1. The fourth-order valence-electron chi connectivity index (χ4n) is 2.45. The summed E-state index contributed by atoms with van der Waals surface area (Å²) in [5, 5.41) is 0. The molecule has 3 aromatic rings. The van der Waals surface area contributed by atoms with E-state index in [0.29, 0.717) is 29.9 Å². The van der Waals surface area contributed by atoms with Crippen LogP contribution in [0.15, 0.2) is 36.9 Å². The number of aromatic nitrogens is 4. The van der Waals surface area contributed by atoms with Gasteiger partial charge in [-0.15, -0.1) is 0 Å². The maximum Gasteiger partial charge on any atom is 0.341 e. The summed E-state index contributed by atoms with van der Waals surface area (Å²) in [5.41, 5.74) is 12.2. The molecule has 0 aliphatic heterocycles. The highest BCUT2D eigenvalue weighted by atomic mass is 16.5. The van der Waals surface area contributed by atoms with Crippen molar-refractivity contribution in [3.05, 3.63) is 42.5 Å². The van der Waals surface area contributed by atoms with E-state index in [1.807, 2.05) is 4.57 Å². The highest BCUT2D eigenvalue weighted by Crippen LogP contribution is 2.19. The molecule has 10 heteroatoms. The molecule has 0 unspecified atom stereocenters. The molecule has 0 aliphatic carbocycles. The number of hydrogen-bond acceptors (Lipinski definition) is 8. The molecule has 0 bridgehead atoms. The molecule has 1 aromatic carbocycles. The Morgan fingerprint density at radius 3 is 2.78 bits per heavy atom. The van der Waals surface area contributed by atoms with Gasteiger partial charge in [0.05, 0.1) is 12.9 Å². The maximum absolute atomic E-state index is 12.3. The van der Waals surface area contributed by atoms with Crippen LogP contribution in [-0.4, -0.2) is 44.6 Å². The van der Waals surface area contributed by atoms with Crippen molar-refractivity contribution in [3.63, 3.8) is 0 Å². The maximum atomic E-state index is 12.3. The van der Waals surface area contributed by atoms with Gasteiger partial charge >= 0.3 is 5.97 Å². The van der Waals surface area contributed by atoms with E-state index >= 15 is 0 Å². The van der Waals surface area contributed by atoms with Crippen molar-refractivity contribution in [3.8, 4) is 5.75 Å². The number of nitrogens with zero attached hydrogens (tertiary/aromatic N) is 4. The number of para-hydroxylation sites is 1. The molecule has 2 aromatic heterocycles. The standard InChI is InChI=1S/C17H18N6O4/c18-13(24)8-27-12-5-2-1-4-11(12)17(25)26-7-3-6-23-10-22-14-15(19)20-9-21-16(14)23/h1-2,4-5,9-10H,3,6-8H2,(H2,18,24)(H2,19,20,21). The van der Waals surface area contributed by atoms with Gasteiger partial charge in [0.1, 0.15) is 23.2 Å². The summed E-state index contributed by atoms with van der Waals surface area (Å²) in [6.45, 7) is 0.409. The van der Waals surface area contributed by atoms with Crippen LogP contribution in [0.3, 0.4) is 0 Å². The number of carbonyl (C=O) groups is 2. The molecular weight excluding hydrogens is 352 g/mol. The first-order valence-corrected chi connectivity index (χ1v) is 8.15. The Morgan fingerprint density at radius 1 is 1.15 bits per heavy atom. The third-order valence-corrected chi connectivity index (χ3v) is 3.68. The largest absolute Gasteiger partial charge is 0.483 e. The minimum Gasteiger partial charge on any atom is -0.483 e. The van der Waals surface area contributed by atoms with E-state index in [9.17, 15) is 9.59 Å². The fourth-order valence-corrected chi connectivity index (χ4v) is 2.45. The summed E-state index contributed by atoms with van der Waals surface area (Å²) in [5.74, 6) is -0.612. The molecule has 0 saturated heterocycles. The number of hydrogen-bond donors (Lipinski definition) is 2. The SMILES string of the molecule is NC(=O)COc1ccccc1C(=O)OCCCn1cnc2c(N)ncnc21. The van der Waals surface area contributed by atoms with Crippen molar-refractivity contribution in [2.75, 3.05) is 18.9 Å². The predicted molar refractivity (Wildman–Crippen MR) is 95.8 cm³/mol. The Balaban J connectivity index is 1.55. The second-order valence-electron chi connectivity index (χ2n) is 5.61.